The highest BCUT2D eigenvalue weighted by molar-refractivity contribution is 9.10. The van der Waals surface area contributed by atoms with Crippen LogP contribution < -0.4 is 10.1 Å². The van der Waals surface area contributed by atoms with Crippen LogP contribution >= 0.6 is 15.9 Å². The molecule has 0 saturated heterocycles. The molecular weight excluding hydrogens is 422 g/mol. The average Bonchev–Trinajstić information content (AvgIpc) is 3.20. The van der Waals surface area contributed by atoms with Crippen LogP contribution in [0.4, 0.5) is 0 Å². The lowest BCUT2D eigenvalue weighted by atomic mass is 10.2. The molecule has 1 N–H and O–H groups in total. The molecule has 0 unspecified atom stereocenters. The second-order valence-corrected chi connectivity index (χ2v) is 7.17. The smallest absolute Gasteiger partial charge is 0.261 e. The first kappa shape index (κ1) is 20.1. The summed E-state index contributed by atoms with van der Waals surface area (Å²) in [5.74, 6) is 1.27. The van der Waals surface area contributed by atoms with Crippen molar-refractivity contribution in [3.05, 3.63) is 64.5 Å². The molecule has 1 aromatic heterocycles. The Morgan fingerprint density at radius 3 is 2.68 bits per heavy atom. The fourth-order valence-electron chi connectivity index (χ4n) is 2.64. The summed E-state index contributed by atoms with van der Waals surface area (Å²) < 4.78 is 12.0. The molecule has 0 saturated carbocycles. The highest BCUT2D eigenvalue weighted by Crippen LogP contribution is 2.20. The molecule has 28 heavy (non-hydrogen) atoms. The van der Waals surface area contributed by atoms with Crippen molar-refractivity contribution in [1.29, 1.82) is 0 Å². The van der Waals surface area contributed by atoms with Crippen molar-refractivity contribution >= 4 is 21.8 Å². The summed E-state index contributed by atoms with van der Waals surface area (Å²) in [4.78, 5) is 16.8. The number of carbonyl (C=O) groups is 1. The van der Waals surface area contributed by atoms with E-state index in [2.05, 4.69) is 38.3 Å². The van der Waals surface area contributed by atoms with E-state index in [1.165, 1.54) is 5.56 Å². The van der Waals surface area contributed by atoms with Gasteiger partial charge in [0.2, 0.25) is 11.7 Å². The van der Waals surface area contributed by atoms with Gasteiger partial charge in [-0.2, -0.15) is 4.98 Å². The molecule has 3 rings (SSSR count). The Hall–Kier alpha value is -2.67. The van der Waals surface area contributed by atoms with Crippen molar-refractivity contribution in [3.8, 4) is 17.1 Å². The maximum Gasteiger partial charge on any atom is 0.261 e. The van der Waals surface area contributed by atoms with Gasteiger partial charge in [0.05, 0.1) is 6.54 Å². The summed E-state index contributed by atoms with van der Waals surface area (Å²) in [5.41, 5.74) is 2.06. The molecule has 0 radical (unpaired) electrons. The van der Waals surface area contributed by atoms with Crippen molar-refractivity contribution in [2.24, 2.45) is 0 Å². The van der Waals surface area contributed by atoms with E-state index in [0.717, 1.165) is 16.5 Å². The van der Waals surface area contributed by atoms with Crippen molar-refractivity contribution < 1.29 is 14.1 Å². The predicted molar refractivity (Wildman–Crippen MR) is 110 cm³/mol. The Morgan fingerprint density at radius 2 is 2.00 bits per heavy atom. The Balaban J connectivity index is 1.57. The molecule has 1 amide bonds. The van der Waals surface area contributed by atoms with Gasteiger partial charge in [-0.15, -0.1) is 0 Å². The van der Waals surface area contributed by atoms with E-state index in [9.17, 15) is 4.79 Å². The molecular formula is C21H22BrN3O3. The molecule has 0 fully saturated rings. The second-order valence-electron chi connectivity index (χ2n) is 6.25. The van der Waals surface area contributed by atoms with E-state index >= 15 is 0 Å². The molecule has 2 aromatic carbocycles. The standard InChI is InChI=1S/C21H22BrN3O3/c1-3-14-8-10-17(11-9-14)27-18(4-2)21(26)23-13-19-24-20(25-28-19)15-6-5-7-16(22)12-15/h5-12,18H,3-4,13H2,1-2H3,(H,23,26)/t18-/m0/s1. The molecule has 3 aromatic rings. The third-order valence-corrected chi connectivity index (χ3v) is 4.73. The lowest BCUT2D eigenvalue weighted by Crippen LogP contribution is -2.37. The first-order valence-electron chi connectivity index (χ1n) is 9.20. The predicted octanol–water partition coefficient (Wildman–Crippen LogP) is 4.54. The number of aryl methyl sites for hydroxylation is 1. The second kappa shape index (κ2) is 9.50. The monoisotopic (exact) mass is 443 g/mol. The van der Waals surface area contributed by atoms with Gasteiger partial charge in [0.1, 0.15) is 5.75 Å². The normalized spacial score (nSPS) is 11.8. The van der Waals surface area contributed by atoms with Crippen LogP contribution in [0.15, 0.2) is 57.5 Å². The van der Waals surface area contributed by atoms with Crippen LogP contribution in [0.1, 0.15) is 31.7 Å². The molecule has 146 valence electrons. The molecule has 7 heteroatoms. The van der Waals surface area contributed by atoms with Crippen LogP contribution in [-0.2, 0) is 17.8 Å². The van der Waals surface area contributed by atoms with Crippen LogP contribution in [0.3, 0.4) is 0 Å². The number of nitrogens with zero attached hydrogens (tertiary/aromatic N) is 2. The number of benzene rings is 2. The number of nitrogens with one attached hydrogen (secondary N) is 1. The summed E-state index contributed by atoms with van der Waals surface area (Å²) >= 11 is 3.42. The maximum absolute atomic E-state index is 12.5. The zero-order chi connectivity index (χ0) is 19.9. The quantitative estimate of drug-likeness (QED) is 0.552. The SMILES string of the molecule is CCc1ccc(O[C@@H](CC)C(=O)NCc2nc(-c3cccc(Br)c3)no2)cc1. The molecule has 0 bridgehead atoms. The summed E-state index contributed by atoms with van der Waals surface area (Å²) in [5, 5.41) is 6.76. The number of amides is 1. The summed E-state index contributed by atoms with van der Waals surface area (Å²) in [7, 11) is 0. The minimum absolute atomic E-state index is 0.147. The molecule has 6 nitrogen and oxygen atoms in total. The molecule has 0 aliphatic heterocycles. The van der Waals surface area contributed by atoms with Gasteiger partial charge in [-0.05, 0) is 42.7 Å². The number of hydrogen-bond donors (Lipinski definition) is 1. The maximum atomic E-state index is 12.5. The fraction of sp³-hybridized carbons (Fsp3) is 0.286. The summed E-state index contributed by atoms with van der Waals surface area (Å²) in [6.45, 7) is 4.15. The van der Waals surface area contributed by atoms with Gasteiger partial charge in [0.15, 0.2) is 6.10 Å². The van der Waals surface area contributed by atoms with E-state index in [0.29, 0.717) is 23.9 Å². The van der Waals surface area contributed by atoms with E-state index in [1.807, 2.05) is 55.5 Å². The highest BCUT2D eigenvalue weighted by Gasteiger charge is 2.19. The van der Waals surface area contributed by atoms with E-state index < -0.39 is 6.10 Å². The van der Waals surface area contributed by atoms with Gasteiger partial charge in [0.25, 0.3) is 5.91 Å². The molecule has 0 aliphatic carbocycles. The van der Waals surface area contributed by atoms with Crippen molar-refractivity contribution in [2.45, 2.75) is 39.3 Å². The Kier molecular flexibility index (Phi) is 6.81. The topological polar surface area (TPSA) is 77.2 Å². The summed E-state index contributed by atoms with van der Waals surface area (Å²) in [6.07, 6.45) is 0.929. The van der Waals surface area contributed by atoms with Gasteiger partial charge in [-0.1, -0.05) is 59.2 Å². The third kappa shape index (κ3) is 5.19. The summed E-state index contributed by atoms with van der Waals surface area (Å²) in [6, 6.07) is 15.4. The minimum Gasteiger partial charge on any atom is -0.481 e. The van der Waals surface area contributed by atoms with E-state index in [-0.39, 0.29) is 12.5 Å². The lowest BCUT2D eigenvalue weighted by Gasteiger charge is -2.17. The number of rotatable bonds is 8. The van der Waals surface area contributed by atoms with Crippen molar-refractivity contribution in [1.82, 2.24) is 15.5 Å². The number of carbonyl (C=O) groups excluding carboxylic acids is 1. The zero-order valence-corrected chi connectivity index (χ0v) is 17.4. The van der Waals surface area contributed by atoms with Crippen molar-refractivity contribution in [2.75, 3.05) is 0 Å². The number of halogens is 1. The number of aromatic nitrogens is 2. The van der Waals surface area contributed by atoms with Crippen LogP contribution in [0, 0.1) is 0 Å². The number of hydrogen-bond acceptors (Lipinski definition) is 5. The van der Waals surface area contributed by atoms with E-state index in [4.69, 9.17) is 9.26 Å². The van der Waals surface area contributed by atoms with Crippen LogP contribution in [-0.4, -0.2) is 22.2 Å². The molecule has 0 spiro atoms. The Labute approximate surface area is 172 Å². The van der Waals surface area contributed by atoms with Gasteiger partial charge >= 0.3 is 0 Å². The highest BCUT2D eigenvalue weighted by atomic mass is 79.9. The third-order valence-electron chi connectivity index (χ3n) is 4.24. The minimum atomic E-state index is -0.583. The largest absolute Gasteiger partial charge is 0.481 e. The first-order valence-corrected chi connectivity index (χ1v) is 10.00. The van der Waals surface area contributed by atoms with Crippen LogP contribution in [0.25, 0.3) is 11.4 Å². The molecule has 1 heterocycles. The van der Waals surface area contributed by atoms with E-state index in [1.54, 1.807) is 0 Å². The van der Waals surface area contributed by atoms with Crippen LogP contribution in [0.5, 0.6) is 5.75 Å². The van der Waals surface area contributed by atoms with Crippen molar-refractivity contribution in [3.63, 3.8) is 0 Å². The molecule has 0 aliphatic rings. The molecule has 1 atom stereocenters. The Morgan fingerprint density at radius 1 is 1.21 bits per heavy atom. The van der Waals surface area contributed by atoms with Gasteiger partial charge in [-0.3, -0.25) is 4.79 Å². The lowest BCUT2D eigenvalue weighted by molar-refractivity contribution is -0.128. The number of ether oxygens (including phenoxy) is 1. The zero-order valence-electron chi connectivity index (χ0n) is 15.8. The van der Waals surface area contributed by atoms with Gasteiger partial charge in [-0.25, -0.2) is 0 Å². The van der Waals surface area contributed by atoms with Crippen LogP contribution in [0.2, 0.25) is 0 Å². The van der Waals surface area contributed by atoms with Gasteiger partial charge in [0, 0.05) is 10.0 Å². The average molecular weight is 444 g/mol. The first-order chi connectivity index (χ1) is 13.6. The Bertz CT molecular complexity index is 925. The fourth-order valence-corrected chi connectivity index (χ4v) is 3.04. The van der Waals surface area contributed by atoms with Gasteiger partial charge < -0.3 is 14.6 Å².